The van der Waals surface area contributed by atoms with Gasteiger partial charge in [-0.05, 0) is 45.3 Å². The molecule has 2 heterocycles. The van der Waals surface area contributed by atoms with E-state index >= 15 is 0 Å². The highest BCUT2D eigenvalue weighted by atomic mass is 79.9. The molecule has 0 fully saturated rings. The van der Waals surface area contributed by atoms with Crippen molar-refractivity contribution in [1.82, 2.24) is 9.97 Å². The van der Waals surface area contributed by atoms with E-state index in [1.54, 1.807) is 24.8 Å². The number of carbonyl (C=O) groups excluding carboxylic acids is 1. The highest BCUT2D eigenvalue weighted by molar-refractivity contribution is 9.10. The van der Waals surface area contributed by atoms with Gasteiger partial charge in [-0.1, -0.05) is 0 Å². The van der Waals surface area contributed by atoms with E-state index in [0.29, 0.717) is 12.8 Å². The maximum absolute atomic E-state index is 11.8. The van der Waals surface area contributed by atoms with E-state index in [0.717, 1.165) is 15.6 Å². The van der Waals surface area contributed by atoms with Crippen molar-refractivity contribution in [1.29, 1.82) is 0 Å². The third-order valence-corrected chi connectivity index (χ3v) is 2.75. The molecule has 86 valence electrons. The highest BCUT2D eigenvalue weighted by Gasteiger charge is 2.05. The molecule has 3 nitrogen and oxygen atoms in total. The smallest absolute Gasteiger partial charge is 0.141 e. The van der Waals surface area contributed by atoms with E-state index in [-0.39, 0.29) is 5.78 Å². The number of Topliss-reactive ketones (excluding diaryl/α,β-unsaturated/α-hetero) is 1. The normalized spacial score (nSPS) is 10.2. The molecule has 0 aliphatic heterocycles. The van der Waals surface area contributed by atoms with Crippen molar-refractivity contribution in [3.8, 4) is 0 Å². The van der Waals surface area contributed by atoms with Crippen molar-refractivity contribution < 1.29 is 4.79 Å². The molecular formula is C13H11BrN2O. The quantitative estimate of drug-likeness (QED) is 0.869. The first-order valence-corrected chi connectivity index (χ1v) is 6.03. The number of hydrogen-bond donors (Lipinski definition) is 0. The predicted octanol–water partition coefficient (Wildman–Crippen LogP) is 2.59. The summed E-state index contributed by atoms with van der Waals surface area (Å²) in [5.74, 6) is 0.177. The lowest BCUT2D eigenvalue weighted by molar-refractivity contribution is -0.117. The van der Waals surface area contributed by atoms with Crippen molar-refractivity contribution in [2.24, 2.45) is 0 Å². The fraction of sp³-hybridized carbons (Fsp3) is 0.154. The average molecular weight is 291 g/mol. The molecule has 0 amide bonds. The summed E-state index contributed by atoms with van der Waals surface area (Å²) in [5, 5.41) is 0. The fourth-order valence-corrected chi connectivity index (χ4v) is 1.98. The summed E-state index contributed by atoms with van der Waals surface area (Å²) >= 11 is 3.34. The van der Waals surface area contributed by atoms with Crippen LogP contribution in [0.15, 0.2) is 47.5 Å². The second-order valence-electron chi connectivity index (χ2n) is 3.76. The van der Waals surface area contributed by atoms with Gasteiger partial charge < -0.3 is 0 Å². The number of carbonyl (C=O) groups is 1. The largest absolute Gasteiger partial charge is 0.299 e. The minimum Gasteiger partial charge on any atom is -0.299 e. The molecule has 0 radical (unpaired) electrons. The Labute approximate surface area is 108 Å². The van der Waals surface area contributed by atoms with Crippen molar-refractivity contribution in [3.63, 3.8) is 0 Å². The number of ketones is 1. The summed E-state index contributed by atoms with van der Waals surface area (Å²) in [6, 6.07) is 5.63. The topological polar surface area (TPSA) is 42.9 Å². The van der Waals surface area contributed by atoms with E-state index in [4.69, 9.17) is 0 Å². The molecular weight excluding hydrogens is 280 g/mol. The minimum absolute atomic E-state index is 0.177. The number of hydrogen-bond acceptors (Lipinski definition) is 3. The Morgan fingerprint density at radius 1 is 1.06 bits per heavy atom. The minimum atomic E-state index is 0.177. The van der Waals surface area contributed by atoms with E-state index in [1.165, 1.54) is 0 Å². The standard InChI is InChI=1S/C13H11BrN2O/c14-12-5-11(8-16-9-12)7-13(17)6-10-1-3-15-4-2-10/h1-5,8-9H,6-7H2. The molecule has 0 bridgehead atoms. The second kappa shape index (κ2) is 5.68. The number of rotatable bonds is 4. The number of aromatic nitrogens is 2. The Morgan fingerprint density at radius 2 is 1.76 bits per heavy atom. The Balaban J connectivity index is 1.98. The Kier molecular flexibility index (Phi) is 3.98. The van der Waals surface area contributed by atoms with Crippen LogP contribution in [0.1, 0.15) is 11.1 Å². The predicted molar refractivity (Wildman–Crippen MR) is 68.6 cm³/mol. The Hall–Kier alpha value is -1.55. The summed E-state index contributed by atoms with van der Waals surface area (Å²) in [6.45, 7) is 0. The molecule has 2 rings (SSSR count). The third-order valence-electron chi connectivity index (χ3n) is 2.31. The van der Waals surface area contributed by atoms with Crippen molar-refractivity contribution in [2.75, 3.05) is 0 Å². The summed E-state index contributed by atoms with van der Waals surface area (Å²) in [6.07, 6.45) is 7.67. The SMILES string of the molecule is O=C(Cc1ccncc1)Cc1cncc(Br)c1. The monoisotopic (exact) mass is 290 g/mol. The summed E-state index contributed by atoms with van der Waals surface area (Å²) < 4.78 is 0.895. The molecule has 0 saturated heterocycles. The third kappa shape index (κ3) is 3.75. The van der Waals surface area contributed by atoms with Gasteiger partial charge in [-0.2, -0.15) is 0 Å². The first-order valence-electron chi connectivity index (χ1n) is 5.24. The van der Waals surface area contributed by atoms with E-state index in [9.17, 15) is 4.79 Å². The molecule has 0 N–H and O–H groups in total. The van der Waals surface area contributed by atoms with Crippen LogP contribution in [-0.2, 0) is 17.6 Å². The zero-order valence-corrected chi connectivity index (χ0v) is 10.7. The van der Waals surface area contributed by atoms with Gasteiger partial charge in [0, 0.05) is 42.1 Å². The van der Waals surface area contributed by atoms with Crippen molar-refractivity contribution in [2.45, 2.75) is 12.8 Å². The van der Waals surface area contributed by atoms with E-state index in [2.05, 4.69) is 25.9 Å². The lowest BCUT2D eigenvalue weighted by atomic mass is 10.1. The van der Waals surface area contributed by atoms with Gasteiger partial charge >= 0.3 is 0 Å². The molecule has 0 aromatic carbocycles. The molecule has 0 unspecified atom stereocenters. The lowest BCUT2D eigenvalue weighted by Gasteiger charge is -2.01. The molecule has 0 atom stereocenters. The van der Waals surface area contributed by atoms with Crippen LogP contribution in [0, 0.1) is 0 Å². The van der Waals surface area contributed by atoms with Gasteiger partial charge in [-0.25, -0.2) is 0 Å². The first kappa shape index (κ1) is 11.9. The van der Waals surface area contributed by atoms with Crippen LogP contribution >= 0.6 is 15.9 Å². The zero-order valence-electron chi connectivity index (χ0n) is 9.14. The van der Waals surface area contributed by atoms with Crippen molar-refractivity contribution in [3.05, 3.63) is 58.6 Å². The van der Waals surface area contributed by atoms with E-state index in [1.807, 2.05) is 18.2 Å². The van der Waals surface area contributed by atoms with Gasteiger partial charge in [0.25, 0.3) is 0 Å². The average Bonchev–Trinajstić information content (AvgIpc) is 2.30. The van der Waals surface area contributed by atoms with Crippen LogP contribution in [0.5, 0.6) is 0 Å². The molecule has 0 aliphatic carbocycles. The summed E-state index contributed by atoms with van der Waals surface area (Å²) in [7, 11) is 0. The molecule has 2 aromatic rings. The van der Waals surface area contributed by atoms with Gasteiger partial charge in [-0.15, -0.1) is 0 Å². The van der Waals surface area contributed by atoms with Crippen LogP contribution < -0.4 is 0 Å². The lowest BCUT2D eigenvalue weighted by Crippen LogP contribution is -2.06. The molecule has 17 heavy (non-hydrogen) atoms. The van der Waals surface area contributed by atoms with Crippen LogP contribution in [0.4, 0.5) is 0 Å². The Bertz CT molecular complexity index is 514. The molecule has 0 spiro atoms. The van der Waals surface area contributed by atoms with Crippen LogP contribution in [0.2, 0.25) is 0 Å². The molecule has 2 aromatic heterocycles. The first-order chi connectivity index (χ1) is 8.24. The van der Waals surface area contributed by atoms with Gasteiger partial charge in [0.05, 0.1) is 0 Å². The van der Waals surface area contributed by atoms with Gasteiger partial charge in [0.2, 0.25) is 0 Å². The maximum Gasteiger partial charge on any atom is 0.141 e. The van der Waals surface area contributed by atoms with Crippen LogP contribution in [0.3, 0.4) is 0 Å². The van der Waals surface area contributed by atoms with Crippen molar-refractivity contribution >= 4 is 21.7 Å². The zero-order chi connectivity index (χ0) is 12.1. The van der Waals surface area contributed by atoms with Gasteiger partial charge in [-0.3, -0.25) is 14.8 Å². The maximum atomic E-state index is 11.8. The molecule has 0 saturated carbocycles. The number of nitrogens with zero attached hydrogens (tertiary/aromatic N) is 2. The Morgan fingerprint density at radius 3 is 2.47 bits per heavy atom. The second-order valence-corrected chi connectivity index (χ2v) is 4.67. The van der Waals surface area contributed by atoms with Crippen LogP contribution in [-0.4, -0.2) is 15.8 Å². The number of halogens is 1. The number of pyridine rings is 2. The van der Waals surface area contributed by atoms with Gasteiger partial charge in [0.15, 0.2) is 0 Å². The van der Waals surface area contributed by atoms with Crippen LogP contribution in [0.25, 0.3) is 0 Å². The molecule has 4 heteroatoms. The molecule has 0 aliphatic rings. The highest BCUT2D eigenvalue weighted by Crippen LogP contribution is 2.11. The summed E-state index contributed by atoms with van der Waals surface area (Å²) in [4.78, 5) is 19.8. The summed E-state index contributed by atoms with van der Waals surface area (Å²) in [5.41, 5.74) is 1.92. The van der Waals surface area contributed by atoms with Gasteiger partial charge in [0.1, 0.15) is 5.78 Å². The van der Waals surface area contributed by atoms with E-state index < -0.39 is 0 Å². The fourth-order valence-electron chi connectivity index (χ4n) is 1.57.